The zero-order valence-corrected chi connectivity index (χ0v) is 37.8. The lowest BCUT2D eigenvalue weighted by atomic mass is 9.99. The van der Waals surface area contributed by atoms with E-state index >= 15 is 0 Å². The number of rotatable bonds is 17. The van der Waals surface area contributed by atoms with Crippen LogP contribution in [-0.2, 0) is 62.4 Å². The first kappa shape index (κ1) is 53.1. The molecule has 3 aromatic rings. The third-order valence-electron chi connectivity index (χ3n) is 10.9. The Morgan fingerprint density at radius 2 is 1.00 bits per heavy atom. The van der Waals surface area contributed by atoms with Crippen molar-refractivity contribution in [2.75, 3.05) is 6.54 Å². The zero-order valence-electron chi connectivity index (χ0n) is 37.8. The average molecular weight is 948 g/mol. The lowest BCUT2D eigenvalue weighted by Crippen LogP contribution is -2.60. The van der Waals surface area contributed by atoms with E-state index in [0.29, 0.717) is 23.2 Å². The van der Waals surface area contributed by atoms with Gasteiger partial charge in [0, 0.05) is 37.6 Å². The number of hydrogen-bond acceptors (Lipinski definition) is 13. The number of nitrogens with one attached hydrogen (secondary N) is 8. The number of unbranched alkanes of at least 4 members (excludes halogenated alkanes) is 1. The van der Waals surface area contributed by atoms with Crippen molar-refractivity contribution in [3.05, 3.63) is 77.9 Å². The van der Waals surface area contributed by atoms with Crippen LogP contribution in [0.25, 0.3) is 0 Å². The maximum Gasteiger partial charge on any atom is 0.305 e. The highest BCUT2D eigenvalue weighted by molar-refractivity contribution is 5.99. The number of phenolic OH excluding ortho intramolecular Hbond substituents is 2. The number of phenols is 2. The number of aromatic nitrogens is 2. The standard InChI is InChI=1S/C45H61N11O12/c1-24(2)17-32-41(64)55-35(20-27-22-48-23-49-27)44(67)54-34(19-26-8-12-29(58)13-9-26)43(66)56-36(21-38(60)61)45(68)50-30(5-3-4-16-46)39(62)51-31(14-15-37(47)59)40(63)53-33(42(65)52-32)18-25-6-10-28(57)11-7-25/h6-13,22-24,30-36,57-58H,3-5,14-21,46H2,1-2H3,(H2,47,59)(H,48,49)(H,50,68)(H,51,62)(H,52,65)(H,53,63)(H,54,67)(H,55,64)(H,56,66)(H,60,61)/t30-,31-,32-,33-,34-,35-,36-/m0/s1. The smallest absolute Gasteiger partial charge is 0.305 e. The molecule has 0 unspecified atom stereocenters. The molecule has 23 heteroatoms. The van der Waals surface area contributed by atoms with E-state index in [2.05, 4.69) is 47.2 Å². The van der Waals surface area contributed by atoms with Crippen molar-refractivity contribution in [1.82, 2.24) is 47.2 Å². The van der Waals surface area contributed by atoms with Crippen molar-refractivity contribution in [3.63, 3.8) is 0 Å². The van der Waals surface area contributed by atoms with E-state index in [1.165, 1.54) is 61.1 Å². The van der Waals surface area contributed by atoms with Crippen molar-refractivity contribution >= 4 is 53.2 Å². The van der Waals surface area contributed by atoms with Crippen molar-refractivity contribution in [2.24, 2.45) is 17.4 Å². The van der Waals surface area contributed by atoms with E-state index in [1.54, 1.807) is 13.8 Å². The van der Waals surface area contributed by atoms with Gasteiger partial charge in [-0.25, -0.2) is 4.98 Å². The molecule has 7 atom stereocenters. The highest BCUT2D eigenvalue weighted by Crippen LogP contribution is 2.16. The van der Waals surface area contributed by atoms with Gasteiger partial charge in [0.15, 0.2) is 0 Å². The van der Waals surface area contributed by atoms with Crippen LogP contribution in [-0.4, -0.2) is 127 Å². The zero-order chi connectivity index (χ0) is 49.9. The van der Waals surface area contributed by atoms with Crippen molar-refractivity contribution < 1.29 is 58.5 Å². The Morgan fingerprint density at radius 1 is 0.588 bits per heavy atom. The summed E-state index contributed by atoms with van der Waals surface area (Å²) in [5.41, 5.74) is 12.4. The largest absolute Gasteiger partial charge is 0.508 e. The minimum atomic E-state index is -1.85. The van der Waals surface area contributed by atoms with Gasteiger partial charge in [0.1, 0.15) is 53.8 Å². The molecular weight excluding hydrogens is 887 g/mol. The summed E-state index contributed by atoms with van der Waals surface area (Å²) < 4.78 is 0. The Kier molecular flexibility index (Phi) is 20.3. The van der Waals surface area contributed by atoms with Gasteiger partial charge in [-0.3, -0.25) is 43.2 Å². The second kappa shape index (κ2) is 26.0. The van der Waals surface area contributed by atoms with E-state index in [-0.39, 0.29) is 68.9 Å². The molecular formula is C45H61N11O12. The predicted molar refractivity (Wildman–Crippen MR) is 242 cm³/mol. The molecule has 1 aliphatic heterocycles. The molecule has 1 saturated heterocycles. The molecule has 0 spiro atoms. The Labute approximate surface area is 391 Å². The van der Waals surface area contributed by atoms with Crippen LogP contribution in [0.2, 0.25) is 0 Å². The minimum absolute atomic E-state index is 0.0244. The summed E-state index contributed by atoms with van der Waals surface area (Å²) >= 11 is 0. The Bertz CT molecular complexity index is 2220. The molecule has 8 amide bonds. The number of carbonyl (C=O) groups is 9. The van der Waals surface area contributed by atoms with Crippen LogP contribution in [0.15, 0.2) is 61.1 Å². The number of aromatic hydroxyl groups is 2. The number of primary amides is 1. The second-order valence-corrected chi connectivity index (χ2v) is 17.0. The van der Waals surface area contributed by atoms with Gasteiger partial charge in [-0.15, -0.1) is 0 Å². The maximum atomic E-state index is 14.4. The molecule has 1 aliphatic rings. The Balaban J connectivity index is 1.87. The van der Waals surface area contributed by atoms with Crippen LogP contribution in [0.5, 0.6) is 11.5 Å². The normalized spacial score (nSPS) is 22.6. The summed E-state index contributed by atoms with van der Waals surface area (Å²) in [7, 11) is 0. The van der Waals surface area contributed by atoms with Crippen LogP contribution >= 0.6 is 0 Å². The van der Waals surface area contributed by atoms with E-state index in [9.17, 15) is 58.5 Å². The fraction of sp³-hybridized carbons (Fsp3) is 0.467. The summed E-state index contributed by atoms with van der Waals surface area (Å²) in [6, 6.07) is 0.637. The molecule has 0 radical (unpaired) electrons. The fourth-order valence-corrected chi connectivity index (χ4v) is 7.29. The summed E-state index contributed by atoms with van der Waals surface area (Å²) in [5.74, 6) is -9.48. The first-order valence-corrected chi connectivity index (χ1v) is 22.2. The van der Waals surface area contributed by atoms with E-state index in [0.717, 1.165) is 0 Å². The molecule has 4 rings (SSSR count). The van der Waals surface area contributed by atoms with Crippen LogP contribution in [0, 0.1) is 5.92 Å². The number of aliphatic carboxylic acids is 1. The summed E-state index contributed by atoms with van der Waals surface area (Å²) in [5, 5.41) is 47.7. The number of H-pyrrole nitrogens is 1. The van der Waals surface area contributed by atoms with E-state index in [1.807, 2.05) is 0 Å². The molecule has 0 bridgehead atoms. The summed E-state index contributed by atoms with van der Waals surface area (Å²) in [6.07, 6.45) is 0.840. The van der Waals surface area contributed by atoms with Gasteiger partial charge in [-0.1, -0.05) is 38.1 Å². The van der Waals surface area contributed by atoms with Gasteiger partial charge in [0.25, 0.3) is 0 Å². The van der Waals surface area contributed by atoms with Gasteiger partial charge in [-0.05, 0) is 80.0 Å². The molecule has 1 fully saturated rings. The number of carboxylic acids is 1. The van der Waals surface area contributed by atoms with Crippen LogP contribution in [0.1, 0.15) is 75.6 Å². The van der Waals surface area contributed by atoms with Crippen LogP contribution in [0.3, 0.4) is 0 Å². The Hall–Kier alpha value is -7.56. The fourth-order valence-electron chi connectivity index (χ4n) is 7.29. The van der Waals surface area contributed by atoms with Crippen LogP contribution < -0.4 is 48.7 Å². The number of imidazole rings is 1. The number of nitrogens with zero attached hydrogens (tertiary/aromatic N) is 1. The summed E-state index contributed by atoms with van der Waals surface area (Å²) in [4.78, 5) is 131. The quantitative estimate of drug-likeness (QED) is 0.0663. The van der Waals surface area contributed by atoms with Gasteiger partial charge in [0.05, 0.1) is 12.7 Å². The van der Waals surface area contributed by atoms with Gasteiger partial charge < -0.3 is 69.0 Å². The number of benzene rings is 2. The van der Waals surface area contributed by atoms with Gasteiger partial charge >= 0.3 is 5.97 Å². The third-order valence-corrected chi connectivity index (χ3v) is 10.9. The van der Waals surface area contributed by atoms with Gasteiger partial charge in [0.2, 0.25) is 47.3 Å². The highest BCUT2D eigenvalue weighted by Gasteiger charge is 2.36. The first-order chi connectivity index (χ1) is 32.3. The molecule has 0 aliphatic carbocycles. The predicted octanol–water partition coefficient (Wildman–Crippen LogP) is -1.83. The molecule has 23 nitrogen and oxygen atoms in total. The first-order valence-electron chi connectivity index (χ1n) is 22.2. The maximum absolute atomic E-state index is 14.4. The number of aromatic amines is 1. The molecule has 2 aromatic carbocycles. The molecule has 68 heavy (non-hydrogen) atoms. The lowest BCUT2D eigenvalue weighted by molar-refractivity contribution is -0.141. The number of carbonyl (C=O) groups excluding carboxylic acids is 8. The molecule has 2 heterocycles. The summed E-state index contributed by atoms with van der Waals surface area (Å²) in [6.45, 7) is 3.76. The van der Waals surface area contributed by atoms with E-state index in [4.69, 9.17) is 11.5 Å². The van der Waals surface area contributed by atoms with Crippen molar-refractivity contribution in [2.45, 2.75) is 120 Å². The van der Waals surface area contributed by atoms with Crippen molar-refractivity contribution in [1.29, 1.82) is 0 Å². The average Bonchev–Trinajstić information content (AvgIpc) is 3.80. The second-order valence-electron chi connectivity index (χ2n) is 17.0. The highest BCUT2D eigenvalue weighted by atomic mass is 16.4. The number of hydrogen-bond donors (Lipinski definition) is 13. The molecule has 1 aromatic heterocycles. The minimum Gasteiger partial charge on any atom is -0.508 e. The topological polar surface area (TPSA) is 379 Å². The number of carboxylic acid groups (broad SMARTS) is 1. The van der Waals surface area contributed by atoms with Crippen molar-refractivity contribution in [3.8, 4) is 11.5 Å². The lowest BCUT2D eigenvalue weighted by Gasteiger charge is -2.28. The molecule has 368 valence electrons. The number of amides is 8. The van der Waals surface area contributed by atoms with Crippen LogP contribution in [0.4, 0.5) is 0 Å². The third kappa shape index (κ3) is 17.3. The Morgan fingerprint density at radius 3 is 1.44 bits per heavy atom. The molecule has 15 N–H and O–H groups in total. The molecule has 0 saturated carbocycles. The SMILES string of the molecule is CC(C)C[C@@H]1NC(=O)[C@H](Cc2ccc(O)cc2)NC(=O)[C@H](CCC(N)=O)NC(=O)[C@H](CCCCN)NC(=O)[C@H](CC(=O)O)NC(=O)[C@H](Cc2ccc(O)cc2)NC(=O)[C@H](Cc2cnc[nH]2)NC1=O. The number of nitrogens with two attached hydrogens (primary N) is 2. The van der Waals surface area contributed by atoms with E-state index < -0.39 is 108 Å². The monoisotopic (exact) mass is 947 g/mol. The van der Waals surface area contributed by atoms with Gasteiger partial charge in [-0.2, -0.15) is 0 Å².